The van der Waals surface area contributed by atoms with Crippen molar-refractivity contribution in [3.63, 3.8) is 0 Å². The number of aliphatic hydroxyl groups is 1. The molecule has 0 aliphatic rings. The van der Waals surface area contributed by atoms with Crippen LogP contribution in [0.4, 0.5) is 0 Å². The Balaban J connectivity index is 2.12. The molecule has 0 aliphatic carbocycles. The van der Waals surface area contributed by atoms with Gasteiger partial charge in [-0.2, -0.15) is 5.10 Å². The molecule has 6 nitrogen and oxygen atoms in total. The molecule has 0 spiro atoms. The Bertz CT molecular complexity index is 566. The second-order valence-electron chi connectivity index (χ2n) is 4.78. The van der Waals surface area contributed by atoms with Gasteiger partial charge < -0.3 is 10.0 Å². The van der Waals surface area contributed by atoms with E-state index in [4.69, 9.17) is 0 Å². The van der Waals surface area contributed by atoms with Crippen molar-refractivity contribution in [3.05, 3.63) is 36.2 Å². The lowest BCUT2D eigenvalue weighted by Gasteiger charge is -2.18. The number of nitrogens with one attached hydrogen (secondary N) is 1. The smallest absolute Gasteiger partial charge is 0.253 e. The van der Waals surface area contributed by atoms with Crippen molar-refractivity contribution in [2.45, 2.75) is 19.4 Å². The summed E-state index contributed by atoms with van der Waals surface area (Å²) in [7, 11) is 1.73. The molecular weight excluding hydrogens is 256 g/mol. The number of benzene rings is 1. The van der Waals surface area contributed by atoms with E-state index in [-0.39, 0.29) is 5.91 Å². The zero-order valence-corrected chi connectivity index (χ0v) is 11.6. The number of H-pyrrole nitrogens is 1. The molecule has 0 radical (unpaired) electrons. The van der Waals surface area contributed by atoms with Crippen LogP contribution in [-0.2, 0) is 0 Å². The molecule has 1 aromatic carbocycles. The van der Waals surface area contributed by atoms with Crippen molar-refractivity contribution in [2.75, 3.05) is 13.6 Å². The zero-order valence-electron chi connectivity index (χ0n) is 11.6. The van der Waals surface area contributed by atoms with E-state index in [0.717, 1.165) is 5.56 Å². The van der Waals surface area contributed by atoms with E-state index >= 15 is 0 Å². The molecule has 1 unspecified atom stereocenters. The largest absolute Gasteiger partial charge is 0.393 e. The second-order valence-corrected chi connectivity index (χ2v) is 4.78. The molecule has 1 atom stereocenters. The van der Waals surface area contributed by atoms with Crippen molar-refractivity contribution in [1.82, 2.24) is 20.1 Å². The maximum atomic E-state index is 12.3. The van der Waals surface area contributed by atoms with Crippen molar-refractivity contribution < 1.29 is 9.90 Å². The number of aliphatic hydroxyl groups excluding tert-OH is 1. The second kappa shape index (κ2) is 6.29. The Morgan fingerprint density at radius 2 is 2.30 bits per heavy atom. The Labute approximate surface area is 117 Å². The van der Waals surface area contributed by atoms with Crippen LogP contribution in [0, 0.1) is 0 Å². The van der Waals surface area contributed by atoms with Gasteiger partial charge >= 0.3 is 0 Å². The molecule has 1 heterocycles. The van der Waals surface area contributed by atoms with Crippen LogP contribution in [-0.4, -0.2) is 50.8 Å². The normalized spacial score (nSPS) is 12.2. The van der Waals surface area contributed by atoms with Crippen LogP contribution in [0.15, 0.2) is 30.6 Å². The molecule has 1 aromatic heterocycles. The van der Waals surface area contributed by atoms with Crippen LogP contribution >= 0.6 is 0 Å². The van der Waals surface area contributed by atoms with E-state index in [1.165, 1.54) is 6.33 Å². The number of aromatic nitrogens is 3. The Hall–Kier alpha value is -2.21. The fourth-order valence-electron chi connectivity index (χ4n) is 1.85. The number of carbonyl (C=O) groups is 1. The van der Waals surface area contributed by atoms with Gasteiger partial charge in [-0.15, -0.1) is 0 Å². The summed E-state index contributed by atoms with van der Waals surface area (Å²) in [5, 5.41) is 15.8. The summed E-state index contributed by atoms with van der Waals surface area (Å²) >= 11 is 0. The highest BCUT2D eigenvalue weighted by atomic mass is 16.3. The van der Waals surface area contributed by atoms with E-state index in [1.807, 2.05) is 12.1 Å². The molecule has 2 N–H and O–H groups in total. The molecule has 0 saturated carbocycles. The van der Waals surface area contributed by atoms with Crippen LogP contribution in [0.5, 0.6) is 0 Å². The fourth-order valence-corrected chi connectivity index (χ4v) is 1.85. The van der Waals surface area contributed by atoms with Gasteiger partial charge in [-0.05, 0) is 25.5 Å². The van der Waals surface area contributed by atoms with Gasteiger partial charge in [0, 0.05) is 24.7 Å². The molecule has 6 heteroatoms. The number of carbonyl (C=O) groups excluding carboxylic acids is 1. The summed E-state index contributed by atoms with van der Waals surface area (Å²) in [4.78, 5) is 17.9. The van der Waals surface area contributed by atoms with Crippen LogP contribution < -0.4 is 0 Å². The lowest BCUT2D eigenvalue weighted by Crippen LogP contribution is -2.29. The quantitative estimate of drug-likeness (QED) is 0.861. The van der Waals surface area contributed by atoms with Crippen LogP contribution in [0.1, 0.15) is 23.7 Å². The summed E-state index contributed by atoms with van der Waals surface area (Å²) in [6, 6.07) is 7.23. The number of hydrogen-bond acceptors (Lipinski definition) is 4. The number of amides is 1. The summed E-state index contributed by atoms with van der Waals surface area (Å²) in [6.07, 6.45) is 1.58. The highest BCUT2D eigenvalue weighted by Crippen LogP contribution is 2.16. The van der Waals surface area contributed by atoms with E-state index in [1.54, 1.807) is 31.0 Å². The van der Waals surface area contributed by atoms with Crippen molar-refractivity contribution in [1.29, 1.82) is 0 Å². The first-order chi connectivity index (χ1) is 9.58. The van der Waals surface area contributed by atoms with Gasteiger partial charge in [-0.25, -0.2) is 4.98 Å². The molecule has 106 valence electrons. The molecule has 0 saturated heterocycles. The predicted octanol–water partition coefficient (Wildman–Crippen LogP) is 1.31. The minimum Gasteiger partial charge on any atom is -0.393 e. The fraction of sp³-hybridized carbons (Fsp3) is 0.357. The van der Waals surface area contributed by atoms with Gasteiger partial charge in [0.15, 0.2) is 5.82 Å². The molecule has 1 amide bonds. The summed E-state index contributed by atoms with van der Waals surface area (Å²) in [6.45, 7) is 2.23. The lowest BCUT2D eigenvalue weighted by atomic mass is 10.1. The van der Waals surface area contributed by atoms with Crippen LogP contribution in [0.3, 0.4) is 0 Å². The summed E-state index contributed by atoms with van der Waals surface area (Å²) < 4.78 is 0. The van der Waals surface area contributed by atoms with Crippen molar-refractivity contribution >= 4 is 5.91 Å². The topological polar surface area (TPSA) is 82.1 Å². The van der Waals surface area contributed by atoms with Crippen molar-refractivity contribution in [3.8, 4) is 11.4 Å². The predicted molar refractivity (Wildman–Crippen MR) is 75.1 cm³/mol. The van der Waals surface area contributed by atoms with E-state index in [2.05, 4.69) is 15.2 Å². The third-order valence-corrected chi connectivity index (χ3v) is 3.03. The van der Waals surface area contributed by atoms with Gasteiger partial charge in [-0.3, -0.25) is 9.89 Å². The van der Waals surface area contributed by atoms with Gasteiger partial charge in [0.2, 0.25) is 0 Å². The Morgan fingerprint density at radius 3 is 2.95 bits per heavy atom. The zero-order chi connectivity index (χ0) is 14.5. The molecule has 0 fully saturated rings. The first-order valence-electron chi connectivity index (χ1n) is 6.47. The van der Waals surface area contributed by atoms with Crippen LogP contribution in [0.25, 0.3) is 11.4 Å². The minimum atomic E-state index is -0.411. The van der Waals surface area contributed by atoms with Gasteiger partial charge in [0.1, 0.15) is 6.33 Å². The molecule has 0 bridgehead atoms. The van der Waals surface area contributed by atoms with E-state index in [0.29, 0.717) is 24.4 Å². The third kappa shape index (κ3) is 3.42. The van der Waals surface area contributed by atoms with Gasteiger partial charge in [-0.1, -0.05) is 12.1 Å². The standard InChI is InChI=1S/C14H18N4O2/c1-10(19)6-7-18(2)14(20)12-5-3-4-11(8-12)13-15-9-16-17-13/h3-5,8-10,19H,6-7H2,1-2H3,(H,15,16,17). The minimum absolute atomic E-state index is 0.0768. The molecule has 20 heavy (non-hydrogen) atoms. The highest BCUT2D eigenvalue weighted by Gasteiger charge is 2.13. The number of hydrogen-bond donors (Lipinski definition) is 2. The number of nitrogens with zero attached hydrogens (tertiary/aromatic N) is 3. The van der Waals surface area contributed by atoms with Crippen molar-refractivity contribution in [2.24, 2.45) is 0 Å². The molecule has 2 rings (SSSR count). The number of rotatable bonds is 5. The first-order valence-corrected chi connectivity index (χ1v) is 6.47. The maximum Gasteiger partial charge on any atom is 0.253 e. The Morgan fingerprint density at radius 1 is 1.50 bits per heavy atom. The van der Waals surface area contributed by atoms with E-state index in [9.17, 15) is 9.90 Å². The summed E-state index contributed by atoms with van der Waals surface area (Å²) in [5.41, 5.74) is 1.41. The lowest BCUT2D eigenvalue weighted by molar-refractivity contribution is 0.0769. The molecule has 0 aliphatic heterocycles. The average Bonchev–Trinajstić information content (AvgIpc) is 2.98. The van der Waals surface area contributed by atoms with Gasteiger partial charge in [0.25, 0.3) is 5.91 Å². The summed E-state index contributed by atoms with van der Waals surface area (Å²) in [5.74, 6) is 0.554. The highest BCUT2D eigenvalue weighted by molar-refractivity contribution is 5.95. The average molecular weight is 274 g/mol. The van der Waals surface area contributed by atoms with Gasteiger partial charge in [0.05, 0.1) is 6.10 Å². The Kier molecular flexibility index (Phi) is 4.47. The molecular formula is C14H18N4O2. The first kappa shape index (κ1) is 14.2. The third-order valence-electron chi connectivity index (χ3n) is 3.03. The number of aromatic amines is 1. The van der Waals surface area contributed by atoms with Crippen LogP contribution in [0.2, 0.25) is 0 Å². The SMILES string of the molecule is CC(O)CCN(C)C(=O)c1cccc(-c2ncn[nH]2)c1. The molecule has 2 aromatic rings. The van der Waals surface area contributed by atoms with E-state index < -0.39 is 6.10 Å². The monoisotopic (exact) mass is 274 g/mol. The maximum absolute atomic E-state index is 12.3.